The lowest BCUT2D eigenvalue weighted by molar-refractivity contribution is 0.0734. The molecule has 9 heteroatoms. The van der Waals surface area contributed by atoms with Gasteiger partial charge in [-0.2, -0.15) is 0 Å². The molecule has 0 aliphatic heterocycles. The van der Waals surface area contributed by atoms with Gasteiger partial charge in [-0.3, -0.25) is 4.79 Å². The number of furan rings is 1. The van der Waals surface area contributed by atoms with Gasteiger partial charge in [0.1, 0.15) is 29.4 Å². The lowest BCUT2D eigenvalue weighted by Crippen LogP contribution is -2.13. The number of carbonyl (C=O) groups is 2. The molecule has 0 bridgehead atoms. The zero-order valence-corrected chi connectivity index (χ0v) is 20.6. The number of esters is 1. The van der Waals surface area contributed by atoms with E-state index in [0.29, 0.717) is 50.3 Å². The number of fused-ring (bicyclic) bond motifs is 1. The first-order valence-corrected chi connectivity index (χ1v) is 11.6. The van der Waals surface area contributed by atoms with E-state index < -0.39 is 5.97 Å². The molecule has 0 fully saturated rings. The maximum atomic E-state index is 13.0. The van der Waals surface area contributed by atoms with E-state index in [0.717, 1.165) is 11.1 Å². The summed E-state index contributed by atoms with van der Waals surface area (Å²) in [5, 5.41) is 4.04. The largest absolute Gasteiger partial charge is 0.497 e. The molecule has 0 aliphatic carbocycles. The number of rotatable bonds is 6. The average molecular weight is 514 g/mol. The van der Waals surface area contributed by atoms with Gasteiger partial charge in [0.05, 0.1) is 18.1 Å². The highest BCUT2D eigenvalue weighted by Crippen LogP contribution is 2.35. The predicted molar refractivity (Wildman–Crippen MR) is 139 cm³/mol. The Morgan fingerprint density at radius 1 is 0.865 bits per heavy atom. The van der Waals surface area contributed by atoms with Gasteiger partial charge in [-0.15, -0.1) is 0 Å². The number of aryl methyl sites for hydroxylation is 1. The second kappa shape index (κ2) is 10.1. The molecule has 5 rings (SSSR count). The van der Waals surface area contributed by atoms with Gasteiger partial charge in [0.25, 0.3) is 5.91 Å². The summed E-state index contributed by atoms with van der Waals surface area (Å²) in [6.45, 7) is 1.88. The zero-order valence-electron chi connectivity index (χ0n) is 19.8. The first-order chi connectivity index (χ1) is 17.9. The Balaban J connectivity index is 1.32. The number of halogens is 1. The van der Waals surface area contributed by atoms with E-state index in [1.165, 1.54) is 6.33 Å². The van der Waals surface area contributed by atoms with Crippen LogP contribution in [0.25, 0.3) is 22.4 Å². The lowest BCUT2D eigenvalue weighted by atomic mass is 10.1. The number of ether oxygens (including phenoxy) is 2. The highest BCUT2D eigenvalue weighted by Gasteiger charge is 2.19. The molecule has 2 aromatic heterocycles. The van der Waals surface area contributed by atoms with Crippen LogP contribution in [0.2, 0.25) is 5.02 Å². The minimum atomic E-state index is -0.518. The van der Waals surface area contributed by atoms with Crippen LogP contribution >= 0.6 is 11.6 Å². The molecule has 0 saturated carbocycles. The van der Waals surface area contributed by atoms with Crippen molar-refractivity contribution in [3.05, 3.63) is 101 Å². The van der Waals surface area contributed by atoms with E-state index in [4.69, 9.17) is 25.5 Å². The zero-order chi connectivity index (χ0) is 25.9. The molecule has 8 nitrogen and oxygen atoms in total. The van der Waals surface area contributed by atoms with Crippen molar-refractivity contribution < 1.29 is 23.5 Å². The Labute approximate surface area is 216 Å². The Kier molecular flexibility index (Phi) is 6.57. The van der Waals surface area contributed by atoms with Crippen molar-refractivity contribution in [2.75, 3.05) is 12.4 Å². The second-order valence-electron chi connectivity index (χ2n) is 8.06. The van der Waals surface area contributed by atoms with E-state index in [9.17, 15) is 9.59 Å². The van der Waals surface area contributed by atoms with Crippen LogP contribution in [0, 0.1) is 6.92 Å². The molecule has 2 heterocycles. The summed E-state index contributed by atoms with van der Waals surface area (Å²) in [6, 6.07) is 20.0. The molecule has 0 saturated heterocycles. The third-order valence-corrected chi connectivity index (χ3v) is 5.97. The van der Waals surface area contributed by atoms with Crippen LogP contribution in [0.5, 0.6) is 11.5 Å². The third kappa shape index (κ3) is 5.00. The number of hydrogen-bond acceptors (Lipinski definition) is 7. The maximum Gasteiger partial charge on any atom is 0.343 e. The number of aromatic nitrogens is 2. The van der Waals surface area contributed by atoms with Gasteiger partial charge in [0.15, 0.2) is 0 Å². The van der Waals surface area contributed by atoms with Crippen LogP contribution in [0.15, 0.2) is 83.5 Å². The summed E-state index contributed by atoms with van der Waals surface area (Å²) in [4.78, 5) is 33.8. The minimum Gasteiger partial charge on any atom is -0.497 e. The van der Waals surface area contributed by atoms with Gasteiger partial charge in [0, 0.05) is 21.7 Å². The Hall–Kier alpha value is -4.69. The predicted octanol–water partition coefficient (Wildman–Crippen LogP) is 6.33. The standard InChI is InChI=1S/C28H20ClN3O5/c1-16-23-25(30-15-31-27(23)37-24(16)17-3-9-20(29)10-4-17)32-26(33)18-5-13-22(14-6-18)36-28(34)19-7-11-21(35-2)12-8-19/h3-15H,1-2H3,(H,30,31,32,33). The molecular formula is C28H20ClN3O5. The fraction of sp³-hybridized carbons (Fsp3) is 0.0714. The molecule has 0 radical (unpaired) electrons. The summed E-state index contributed by atoms with van der Waals surface area (Å²) in [5.41, 5.74) is 2.71. The average Bonchev–Trinajstić information content (AvgIpc) is 3.26. The molecule has 1 N–H and O–H groups in total. The van der Waals surface area contributed by atoms with Crippen molar-refractivity contribution >= 4 is 40.4 Å². The van der Waals surface area contributed by atoms with Gasteiger partial charge in [0.2, 0.25) is 5.71 Å². The van der Waals surface area contributed by atoms with E-state index in [-0.39, 0.29) is 5.91 Å². The highest BCUT2D eigenvalue weighted by atomic mass is 35.5. The molecular weight excluding hydrogens is 494 g/mol. The molecule has 1 amide bonds. The van der Waals surface area contributed by atoms with Crippen molar-refractivity contribution in [1.29, 1.82) is 0 Å². The van der Waals surface area contributed by atoms with Crippen LogP contribution in [0.4, 0.5) is 5.82 Å². The van der Waals surface area contributed by atoms with Gasteiger partial charge in [-0.05, 0) is 79.7 Å². The molecule has 3 aromatic carbocycles. The van der Waals surface area contributed by atoms with Gasteiger partial charge in [-0.1, -0.05) is 11.6 Å². The molecule has 0 atom stereocenters. The molecule has 184 valence electrons. The summed E-state index contributed by atoms with van der Waals surface area (Å²) < 4.78 is 16.4. The first kappa shape index (κ1) is 24.0. The number of amides is 1. The minimum absolute atomic E-state index is 0.306. The van der Waals surface area contributed by atoms with E-state index in [1.54, 1.807) is 67.8 Å². The summed E-state index contributed by atoms with van der Waals surface area (Å²) in [6.07, 6.45) is 1.33. The number of methoxy groups -OCH3 is 1. The van der Waals surface area contributed by atoms with Crippen LogP contribution in [0.3, 0.4) is 0 Å². The maximum absolute atomic E-state index is 13.0. The van der Waals surface area contributed by atoms with Crippen LogP contribution < -0.4 is 14.8 Å². The SMILES string of the molecule is COc1ccc(C(=O)Oc2ccc(C(=O)Nc3ncnc4oc(-c5ccc(Cl)cc5)c(C)c34)cc2)cc1. The van der Waals surface area contributed by atoms with E-state index >= 15 is 0 Å². The van der Waals surface area contributed by atoms with Crippen LogP contribution in [-0.2, 0) is 0 Å². The lowest BCUT2D eigenvalue weighted by Gasteiger charge is -2.08. The fourth-order valence-corrected chi connectivity index (χ4v) is 3.92. The van der Waals surface area contributed by atoms with Crippen molar-refractivity contribution in [2.24, 2.45) is 0 Å². The second-order valence-corrected chi connectivity index (χ2v) is 8.50. The van der Waals surface area contributed by atoms with Gasteiger partial charge < -0.3 is 19.2 Å². The number of anilines is 1. The summed E-state index contributed by atoms with van der Waals surface area (Å²) in [5.74, 6) is 0.980. The van der Waals surface area contributed by atoms with E-state index in [1.807, 2.05) is 19.1 Å². The number of benzene rings is 3. The van der Waals surface area contributed by atoms with Crippen molar-refractivity contribution in [1.82, 2.24) is 9.97 Å². The Bertz CT molecular complexity index is 1590. The van der Waals surface area contributed by atoms with Crippen molar-refractivity contribution in [3.8, 4) is 22.8 Å². The number of carbonyl (C=O) groups excluding carboxylic acids is 2. The number of hydrogen-bond donors (Lipinski definition) is 1. The van der Waals surface area contributed by atoms with Gasteiger partial charge >= 0.3 is 5.97 Å². The quantitative estimate of drug-likeness (QED) is 0.209. The first-order valence-electron chi connectivity index (χ1n) is 11.2. The highest BCUT2D eigenvalue weighted by molar-refractivity contribution is 6.30. The summed E-state index contributed by atoms with van der Waals surface area (Å²) in [7, 11) is 1.55. The monoisotopic (exact) mass is 513 g/mol. The third-order valence-electron chi connectivity index (χ3n) is 5.72. The van der Waals surface area contributed by atoms with Crippen LogP contribution in [0.1, 0.15) is 26.3 Å². The van der Waals surface area contributed by atoms with Gasteiger partial charge in [-0.25, -0.2) is 14.8 Å². The molecule has 37 heavy (non-hydrogen) atoms. The Morgan fingerprint density at radius 2 is 1.51 bits per heavy atom. The van der Waals surface area contributed by atoms with Crippen molar-refractivity contribution in [3.63, 3.8) is 0 Å². The fourth-order valence-electron chi connectivity index (χ4n) is 3.79. The molecule has 5 aromatic rings. The normalized spacial score (nSPS) is 10.8. The smallest absolute Gasteiger partial charge is 0.343 e. The molecule has 0 aliphatic rings. The topological polar surface area (TPSA) is 104 Å². The van der Waals surface area contributed by atoms with E-state index in [2.05, 4.69) is 15.3 Å². The number of nitrogens with zero attached hydrogens (tertiary/aromatic N) is 2. The summed E-state index contributed by atoms with van der Waals surface area (Å²) >= 11 is 6.00. The van der Waals surface area contributed by atoms with Crippen molar-refractivity contribution in [2.45, 2.75) is 6.92 Å². The van der Waals surface area contributed by atoms with Crippen LogP contribution in [-0.4, -0.2) is 29.0 Å². The molecule has 0 spiro atoms. The Morgan fingerprint density at radius 3 is 2.19 bits per heavy atom. The molecule has 0 unspecified atom stereocenters. The number of nitrogens with one attached hydrogen (secondary N) is 1.